The number of hydrogen-bond acceptors (Lipinski definition) is 5. The first-order chi connectivity index (χ1) is 9.51. The summed E-state index contributed by atoms with van der Waals surface area (Å²) >= 11 is 5.68. The zero-order valence-electron chi connectivity index (χ0n) is 11.0. The molecule has 2 N–H and O–H groups in total. The van der Waals surface area contributed by atoms with Gasteiger partial charge in [0.1, 0.15) is 15.9 Å². The Morgan fingerprint density at radius 1 is 1.33 bits per heavy atom. The van der Waals surface area contributed by atoms with Crippen LogP contribution in [0.15, 0.2) is 29.2 Å². The Balaban J connectivity index is 2.95. The molecule has 0 amide bonds. The maximum atomic E-state index is 12.0. The third kappa shape index (κ3) is 6.00. The molecule has 1 aromatic carbocycles. The van der Waals surface area contributed by atoms with Gasteiger partial charge in [0.2, 0.25) is 10.0 Å². The van der Waals surface area contributed by atoms with Gasteiger partial charge in [-0.25, -0.2) is 16.8 Å². The Morgan fingerprint density at radius 3 is 2.43 bits per heavy atom. The number of rotatable bonds is 7. The normalized spacial score (nSPS) is 13.8. The van der Waals surface area contributed by atoms with E-state index in [9.17, 15) is 21.6 Å². The molecule has 0 aliphatic rings. The number of aliphatic carboxylic acids is 1. The van der Waals surface area contributed by atoms with Gasteiger partial charge in [-0.05, 0) is 24.6 Å². The van der Waals surface area contributed by atoms with Crippen molar-refractivity contribution in [3.8, 4) is 0 Å². The second kappa shape index (κ2) is 6.73. The second-order valence-electron chi connectivity index (χ2n) is 4.39. The summed E-state index contributed by atoms with van der Waals surface area (Å²) in [5.74, 6) is -1.90. The minimum Gasteiger partial charge on any atom is -0.480 e. The first kappa shape index (κ1) is 17.9. The van der Waals surface area contributed by atoms with Crippen LogP contribution in [0.3, 0.4) is 0 Å². The van der Waals surface area contributed by atoms with Crippen molar-refractivity contribution in [3.05, 3.63) is 29.3 Å². The summed E-state index contributed by atoms with van der Waals surface area (Å²) in [6.45, 7) is 0. The van der Waals surface area contributed by atoms with Gasteiger partial charge in [0.05, 0.1) is 10.6 Å². The summed E-state index contributed by atoms with van der Waals surface area (Å²) in [7, 11) is -7.50. The van der Waals surface area contributed by atoms with E-state index in [1.807, 2.05) is 4.72 Å². The Bertz CT molecular complexity index is 729. The molecular weight excluding hydrogens is 342 g/mol. The molecule has 1 aromatic rings. The van der Waals surface area contributed by atoms with Gasteiger partial charge in [0.15, 0.2) is 0 Å². The van der Waals surface area contributed by atoms with E-state index in [1.54, 1.807) is 0 Å². The Morgan fingerprint density at radius 2 is 1.95 bits per heavy atom. The summed E-state index contributed by atoms with van der Waals surface area (Å²) in [5.41, 5.74) is 0. The average molecular weight is 356 g/mol. The van der Waals surface area contributed by atoms with Crippen molar-refractivity contribution >= 4 is 37.4 Å². The van der Waals surface area contributed by atoms with Crippen LogP contribution in [0.5, 0.6) is 0 Å². The lowest BCUT2D eigenvalue weighted by Gasteiger charge is -2.14. The predicted octanol–water partition coefficient (Wildman–Crippen LogP) is 0.506. The van der Waals surface area contributed by atoms with Crippen LogP contribution in [-0.4, -0.2) is 46.0 Å². The van der Waals surface area contributed by atoms with Gasteiger partial charge in [0, 0.05) is 11.3 Å². The molecule has 7 nitrogen and oxygen atoms in total. The van der Waals surface area contributed by atoms with Crippen LogP contribution in [-0.2, 0) is 24.7 Å². The summed E-state index contributed by atoms with van der Waals surface area (Å²) in [6.07, 6.45) is 0.575. The Labute approximate surface area is 127 Å². The number of carbonyl (C=O) groups is 1. The number of benzene rings is 1. The molecule has 0 heterocycles. The van der Waals surface area contributed by atoms with E-state index in [2.05, 4.69) is 0 Å². The number of sulfonamides is 1. The van der Waals surface area contributed by atoms with Gasteiger partial charge < -0.3 is 5.11 Å². The van der Waals surface area contributed by atoms with Gasteiger partial charge >= 0.3 is 5.97 Å². The third-order valence-corrected chi connectivity index (χ3v) is 5.16. The highest BCUT2D eigenvalue weighted by Crippen LogP contribution is 2.16. The summed E-state index contributed by atoms with van der Waals surface area (Å²) in [4.78, 5) is 10.9. The van der Waals surface area contributed by atoms with Crippen LogP contribution >= 0.6 is 11.6 Å². The predicted molar refractivity (Wildman–Crippen MR) is 77.5 cm³/mol. The molecule has 1 unspecified atom stereocenters. The Hall–Kier alpha value is -1.16. The Kier molecular flexibility index (Phi) is 5.74. The molecule has 0 saturated heterocycles. The third-order valence-electron chi connectivity index (χ3n) is 2.48. The molecule has 10 heteroatoms. The molecule has 0 aromatic heterocycles. The smallest absolute Gasteiger partial charge is 0.321 e. The van der Waals surface area contributed by atoms with Crippen LogP contribution in [0, 0.1) is 0 Å². The zero-order chi connectivity index (χ0) is 16.3. The molecule has 0 fully saturated rings. The molecule has 0 radical (unpaired) electrons. The molecule has 0 saturated carbocycles. The lowest BCUT2D eigenvalue weighted by Crippen LogP contribution is -2.41. The number of halogens is 1. The topological polar surface area (TPSA) is 118 Å². The lowest BCUT2D eigenvalue weighted by atomic mass is 10.2. The van der Waals surface area contributed by atoms with Crippen molar-refractivity contribution in [1.29, 1.82) is 0 Å². The number of nitrogens with one attached hydrogen (secondary N) is 1. The van der Waals surface area contributed by atoms with Crippen molar-refractivity contribution in [2.24, 2.45) is 0 Å². The highest BCUT2D eigenvalue weighted by Gasteiger charge is 2.26. The van der Waals surface area contributed by atoms with Crippen LogP contribution in [0.4, 0.5) is 0 Å². The van der Waals surface area contributed by atoms with E-state index in [0.29, 0.717) is 0 Å². The molecule has 1 rings (SSSR count). The number of carboxylic acids is 1. The van der Waals surface area contributed by atoms with Gasteiger partial charge in [0.25, 0.3) is 0 Å². The van der Waals surface area contributed by atoms with Crippen molar-refractivity contribution in [2.45, 2.75) is 17.4 Å². The van der Waals surface area contributed by atoms with Crippen molar-refractivity contribution < 1.29 is 26.7 Å². The van der Waals surface area contributed by atoms with Crippen LogP contribution in [0.1, 0.15) is 6.42 Å². The summed E-state index contributed by atoms with van der Waals surface area (Å²) < 4.78 is 48.1. The van der Waals surface area contributed by atoms with Gasteiger partial charge in [-0.2, -0.15) is 4.72 Å². The van der Waals surface area contributed by atoms with Crippen LogP contribution in [0.2, 0.25) is 5.02 Å². The quantitative estimate of drug-likeness (QED) is 0.735. The van der Waals surface area contributed by atoms with E-state index >= 15 is 0 Å². The van der Waals surface area contributed by atoms with Crippen molar-refractivity contribution in [1.82, 2.24) is 4.72 Å². The molecule has 21 heavy (non-hydrogen) atoms. The monoisotopic (exact) mass is 355 g/mol. The van der Waals surface area contributed by atoms with E-state index in [4.69, 9.17) is 16.7 Å². The van der Waals surface area contributed by atoms with E-state index < -0.39 is 37.6 Å². The SMILES string of the molecule is CS(=O)(=O)CCC(NS(=O)(=O)c1cccc(Cl)c1)C(=O)O. The standard InChI is InChI=1S/C11H14ClNO6S2/c1-20(16,17)6-5-10(11(14)15)13-21(18,19)9-4-2-3-8(12)7-9/h2-4,7,10,13H,5-6H2,1H3,(H,14,15). The average Bonchev–Trinajstić information content (AvgIpc) is 2.33. The molecule has 0 bridgehead atoms. The lowest BCUT2D eigenvalue weighted by molar-refractivity contribution is -0.139. The van der Waals surface area contributed by atoms with Crippen LogP contribution < -0.4 is 4.72 Å². The molecule has 1 atom stereocenters. The highest BCUT2D eigenvalue weighted by atomic mass is 35.5. The largest absolute Gasteiger partial charge is 0.480 e. The summed E-state index contributed by atoms with van der Waals surface area (Å²) in [5, 5.41) is 9.17. The van der Waals surface area contributed by atoms with Crippen molar-refractivity contribution in [3.63, 3.8) is 0 Å². The zero-order valence-corrected chi connectivity index (χ0v) is 13.4. The minimum atomic E-state index is -4.10. The molecule has 118 valence electrons. The van der Waals surface area contributed by atoms with Gasteiger partial charge in [-0.15, -0.1) is 0 Å². The van der Waals surface area contributed by atoms with Gasteiger partial charge in [-0.1, -0.05) is 17.7 Å². The van der Waals surface area contributed by atoms with E-state index in [1.165, 1.54) is 24.3 Å². The minimum absolute atomic E-state index is 0.181. The fourth-order valence-corrected chi connectivity index (χ4v) is 3.64. The second-order valence-corrected chi connectivity index (χ2v) is 8.80. The molecule has 0 aliphatic heterocycles. The van der Waals surface area contributed by atoms with E-state index in [0.717, 1.165) is 6.26 Å². The first-order valence-electron chi connectivity index (χ1n) is 5.70. The van der Waals surface area contributed by atoms with Crippen molar-refractivity contribution in [2.75, 3.05) is 12.0 Å². The van der Waals surface area contributed by atoms with Gasteiger partial charge in [-0.3, -0.25) is 4.79 Å². The maximum Gasteiger partial charge on any atom is 0.321 e. The number of sulfone groups is 1. The first-order valence-corrected chi connectivity index (χ1v) is 9.62. The number of carboxylic acid groups (broad SMARTS) is 1. The number of hydrogen-bond donors (Lipinski definition) is 2. The highest BCUT2D eigenvalue weighted by molar-refractivity contribution is 7.90. The summed E-state index contributed by atoms with van der Waals surface area (Å²) in [6, 6.07) is 3.76. The van der Waals surface area contributed by atoms with E-state index in [-0.39, 0.29) is 16.3 Å². The molecule has 0 aliphatic carbocycles. The van der Waals surface area contributed by atoms with Crippen LogP contribution in [0.25, 0.3) is 0 Å². The fraction of sp³-hybridized carbons (Fsp3) is 0.364. The molecule has 0 spiro atoms. The fourth-order valence-electron chi connectivity index (χ4n) is 1.45. The maximum absolute atomic E-state index is 12.0. The molecular formula is C11H14ClNO6S2.